The average molecular weight is 554 g/mol. The van der Waals surface area contributed by atoms with Crippen molar-refractivity contribution in [3.63, 3.8) is 0 Å². The van der Waals surface area contributed by atoms with Crippen molar-refractivity contribution >= 4 is 22.6 Å². The van der Waals surface area contributed by atoms with Crippen LogP contribution in [-0.4, -0.2) is 28.2 Å². The lowest BCUT2D eigenvalue weighted by Crippen LogP contribution is -3.00. The molecule has 0 spiro atoms. The maximum absolute atomic E-state index is 5.97. The van der Waals surface area contributed by atoms with E-state index in [9.17, 15) is 0 Å². The monoisotopic (exact) mass is 553 g/mol. The Morgan fingerprint density at radius 2 is 0.833 bits per heavy atom. The Balaban J connectivity index is 0. The van der Waals surface area contributed by atoms with Crippen molar-refractivity contribution < 1.29 is 16.9 Å². The normalized spacial score (nSPS) is 12.4. The van der Waals surface area contributed by atoms with Gasteiger partial charge in [-0.2, -0.15) is 0 Å². The van der Waals surface area contributed by atoms with E-state index in [0.717, 1.165) is 0 Å². The smallest absolute Gasteiger partial charge is 0.200 e. The molecular formula is C27H53ClIN. The second kappa shape index (κ2) is 24.2. The number of hydrogen-bond donors (Lipinski definition) is 0. The van der Waals surface area contributed by atoms with Crippen molar-refractivity contribution in [2.75, 3.05) is 19.6 Å². The fraction of sp³-hybridized carbons (Fsp3) is 0.926. The number of hydrogen-bond acceptors (Lipinski definition) is 0. The zero-order valence-corrected chi connectivity index (χ0v) is 23.6. The first-order chi connectivity index (χ1) is 14.2. The van der Waals surface area contributed by atoms with Crippen LogP contribution in [0.5, 0.6) is 0 Å². The molecule has 0 heterocycles. The molecule has 0 aliphatic heterocycles. The van der Waals surface area contributed by atoms with Crippen LogP contribution in [0.2, 0.25) is 0 Å². The molecule has 0 rings (SSSR count). The zero-order valence-electron chi connectivity index (χ0n) is 20.7. The standard InChI is InChI=1S/C27H53IN.ClH/c1-5-9-12-15-16-17-18-19-20-23-26-29(27(28)8-4,24-21-13-10-6-2)25-22-14-11-7-3;/h4,27H,5-7,9-26H2,1-3H3;1H/q+1;/p-1. The minimum Gasteiger partial charge on any atom is -1.00 e. The Labute approximate surface area is 211 Å². The Hall–Kier alpha value is 0.540. The summed E-state index contributed by atoms with van der Waals surface area (Å²) in [6.07, 6.45) is 30.9. The third-order valence-electron chi connectivity index (χ3n) is 6.49. The summed E-state index contributed by atoms with van der Waals surface area (Å²) in [5, 5.41) is 0. The average Bonchev–Trinajstić information content (AvgIpc) is 2.74. The van der Waals surface area contributed by atoms with E-state index in [1.54, 1.807) is 0 Å². The van der Waals surface area contributed by atoms with Crippen molar-refractivity contribution in [1.82, 2.24) is 0 Å². The SMILES string of the molecule is C#CC(I)[N+](CCCCCC)(CCCCCC)CCCCCCCCCCCC.[Cl-]. The van der Waals surface area contributed by atoms with Gasteiger partial charge in [-0.15, -0.1) is 6.42 Å². The zero-order chi connectivity index (χ0) is 21.6. The first kappa shape index (κ1) is 32.7. The van der Waals surface area contributed by atoms with Crippen LogP contribution >= 0.6 is 22.6 Å². The number of terminal acetylenes is 1. The molecule has 0 saturated heterocycles. The minimum absolute atomic E-state index is 0. The van der Waals surface area contributed by atoms with Crippen LogP contribution in [0.15, 0.2) is 0 Å². The number of halogens is 2. The Morgan fingerprint density at radius 1 is 0.567 bits per heavy atom. The van der Waals surface area contributed by atoms with Crippen LogP contribution in [0.1, 0.15) is 136 Å². The van der Waals surface area contributed by atoms with Gasteiger partial charge in [0.15, 0.2) is 0 Å². The molecule has 0 saturated carbocycles. The van der Waals surface area contributed by atoms with Gasteiger partial charge in [-0.25, -0.2) is 0 Å². The summed E-state index contributed by atoms with van der Waals surface area (Å²) in [6, 6.07) is 0. The molecule has 0 fully saturated rings. The van der Waals surface area contributed by atoms with E-state index in [1.165, 1.54) is 140 Å². The number of quaternary nitrogens is 1. The molecule has 1 nitrogen and oxygen atoms in total. The molecule has 0 bridgehead atoms. The largest absolute Gasteiger partial charge is 1.00 e. The van der Waals surface area contributed by atoms with Gasteiger partial charge in [0.2, 0.25) is 4.05 Å². The van der Waals surface area contributed by atoms with Gasteiger partial charge in [-0.05, 0) is 44.4 Å². The highest BCUT2D eigenvalue weighted by Crippen LogP contribution is 2.25. The molecule has 0 amide bonds. The number of alkyl halides is 1. The third kappa shape index (κ3) is 17.1. The van der Waals surface area contributed by atoms with Gasteiger partial charge in [-0.3, -0.25) is 0 Å². The lowest BCUT2D eigenvalue weighted by Gasteiger charge is -2.41. The Kier molecular flexibility index (Phi) is 26.4. The number of rotatable bonds is 22. The first-order valence-electron chi connectivity index (χ1n) is 13.1. The maximum atomic E-state index is 5.97. The van der Waals surface area contributed by atoms with E-state index in [1.807, 2.05) is 0 Å². The highest BCUT2D eigenvalue weighted by Gasteiger charge is 2.32. The topological polar surface area (TPSA) is 0 Å². The predicted octanol–water partition coefficient (Wildman–Crippen LogP) is 6.28. The van der Waals surface area contributed by atoms with Gasteiger partial charge >= 0.3 is 0 Å². The molecule has 30 heavy (non-hydrogen) atoms. The summed E-state index contributed by atoms with van der Waals surface area (Å²) in [7, 11) is 0. The molecule has 1 unspecified atom stereocenters. The molecule has 0 aromatic rings. The molecule has 1 atom stereocenters. The minimum atomic E-state index is 0. The molecule has 3 heteroatoms. The fourth-order valence-corrected chi connectivity index (χ4v) is 5.29. The van der Waals surface area contributed by atoms with Gasteiger partial charge < -0.3 is 16.9 Å². The van der Waals surface area contributed by atoms with Crippen LogP contribution in [-0.2, 0) is 0 Å². The van der Waals surface area contributed by atoms with E-state index in [-0.39, 0.29) is 12.4 Å². The van der Waals surface area contributed by atoms with E-state index in [0.29, 0.717) is 4.05 Å². The van der Waals surface area contributed by atoms with Crippen molar-refractivity contribution in [2.24, 2.45) is 0 Å². The molecule has 0 N–H and O–H groups in total. The Bertz CT molecular complexity index is 368. The van der Waals surface area contributed by atoms with Crippen molar-refractivity contribution in [2.45, 2.75) is 140 Å². The lowest BCUT2D eigenvalue weighted by molar-refractivity contribution is -0.927. The fourth-order valence-electron chi connectivity index (χ4n) is 4.45. The summed E-state index contributed by atoms with van der Waals surface area (Å²) in [5.74, 6) is 3.13. The van der Waals surface area contributed by atoms with E-state index in [2.05, 4.69) is 49.3 Å². The first-order valence-corrected chi connectivity index (χ1v) is 14.4. The molecule has 0 aliphatic carbocycles. The van der Waals surface area contributed by atoms with Gasteiger partial charge in [0.05, 0.1) is 19.6 Å². The number of unbranched alkanes of at least 4 members (excludes halogenated alkanes) is 15. The van der Waals surface area contributed by atoms with Gasteiger partial charge in [0.1, 0.15) is 0 Å². The van der Waals surface area contributed by atoms with E-state index >= 15 is 0 Å². The summed E-state index contributed by atoms with van der Waals surface area (Å²) in [6.45, 7) is 10.8. The summed E-state index contributed by atoms with van der Waals surface area (Å²) in [4.78, 5) is 0. The highest BCUT2D eigenvalue weighted by atomic mass is 127. The Morgan fingerprint density at radius 3 is 1.13 bits per heavy atom. The van der Waals surface area contributed by atoms with Crippen molar-refractivity contribution in [1.29, 1.82) is 0 Å². The molecule has 0 aromatic carbocycles. The summed E-state index contributed by atoms with van der Waals surface area (Å²) >= 11 is 2.57. The lowest BCUT2D eigenvalue weighted by atomic mass is 10.1. The number of nitrogens with zero attached hydrogens (tertiary/aromatic N) is 1. The van der Waals surface area contributed by atoms with Crippen LogP contribution in [0.4, 0.5) is 0 Å². The summed E-state index contributed by atoms with van der Waals surface area (Å²) < 4.78 is 1.52. The van der Waals surface area contributed by atoms with E-state index in [4.69, 9.17) is 6.42 Å². The molecular weight excluding hydrogens is 501 g/mol. The quantitative estimate of drug-likeness (QED) is 0.0369. The van der Waals surface area contributed by atoms with Crippen LogP contribution in [0.3, 0.4) is 0 Å². The second-order valence-corrected chi connectivity index (χ2v) is 10.4. The van der Waals surface area contributed by atoms with Gasteiger partial charge in [0.25, 0.3) is 0 Å². The molecule has 0 aromatic heterocycles. The van der Waals surface area contributed by atoms with Crippen molar-refractivity contribution in [3.05, 3.63) is 0 Å². The van der Waals surface area contributed by atoms with E-state index < -0.39 is 0 Å². The second-order valence-electron chi connectivity index (χ2n) is 9.20. The maximum Gasteiger partial charge on any atom is 0.200 e. The molecule has 180 valence electrons. The van der Waals surface area contributed by atoms with Crippen LogP contribution in [0.25, 0.3) is 0 Å². The summed E-state index contributed by atoms with van der Waals surface area (Å²) in [5.41, 5.74) is 0. The highest BCUT2D eigenvalue weighted by molar-refractivity contribution is 14.1. The molecule has 0 radical (unpaired) electrons. The van der Waals surface area contributed by atoms with Crippen molar-refractivity contribution in [3.8, 4) is 12.3 Å². The van der Waals surface area contributed by atoms with Crippen LogP contribution < -0.4 is 12.4 Å². The van der Waals surface area contributed by atoms with Crippen LogP contribution in [0, 0.1) is 12.3 Å². The molecule has 0 aliphatic rings. The van der Waals surface area contributed by atoms with Gasteiger partial charge in [-0.1, -0.05) is 97.8 Å². The predicted molar refractivity (Wildman–Crippen MR) is 142 cm³/mol. The third-order valence-corrected chi connectivity index (χ3v) is 8.03. The van der Waals surface area contributed by atoms with Gasteiger partial charge in [0, 0.05) is 22.6 Å².